The molecule has 0 unspecified atom stereocenters. The van der Waals surface area contributed by atoms with Crippen LogP contribution in [0.5, 0.6) is 11.5 Å². The number of thiophene rings is 1. The van der Waals surface area contributed by atoms with E-state index in [0.717, 1.165) is 39.2 Å². The van der Waals surface area contributed by atoms with Gasteiger partial charge in [-0.3, -0.25) is 9.97 Å². The molecule has 5 rings (SSSR count). The third-order valence-electron chi connectivity index (χ3n) is 6.33. The molecule has 3 heterocycles. The van der Waals surface area contributed by atoms with Gasteiger partial charge in [0.1, 0.15) is 5.75 Å². The lowest BCUT2D eigenvalue weighted by Gasteiger charge is -2.22. The number of benzene rings is 1. The predicted molar refractivity (Wildman–Crippen MR) is 163 cm³/mol. The summed E-state index contributed by atoms with van der Waals surface area (Å²) in [4.78, 5) is 24.1. The van der Waals surface area contributed by atoms with Gasteiger partial charge in [0.25, 0.3) is 0 Å². The van der Waals surface area contributed by atoms with Crippen LogP contribution in [0, 0.1) is 5.82 Å². The van der Waals surface area contributed by atoms with Crippen LogP contribution in [0.4, 0.5) is 14.9 Å². The molecule has 1 aliphatic rings. The second kappa shape index (κ2) is 13.2. The van der Waals surface area contributed by atoms with Crippen LogP contribution in [0.15, 0.2) is 54.9 Å². The summed E-state index contributed by atoms with van der Waals surface area (Å²) in [6, 6.07) is 12.5. The highest BCUT2D eigenvalue weighted by molar-refractivity contribution is 7.80. The van der Waals surface area contributed by atoms with E-state index in [0.29, 0.717) is 48.8 Å². The van der Waals surface area contributed by atoms with Gasteiger partial charge in [-0.2, -0.15) is 0 Å². The Balaban J connectivity index is 1.29. The van der Waals surface area contributed by atoms with Crippen LogP contribution in [0.1, 0.15) is 25.3 Å². The average molecular weight is 595 g/mol. The summed E-state index contributed by atoms with van der Waals surface area (Å²) in [7, 11) is 1.61. The summed E-state index contributed by atoms with van der Waals surface area (Å²) in [6.45, 7) is 3.76. The number of hydrogen-bond donors (Lipinski definition) is 3. The number of ether oxygens (including phenoxy) is 2. The van der Waals surface area contributed by atoms with E-state index in [-0.39, 0.29) is 11.8 Å². The van der Waals surface area contributed by atoms with Crippen molar-refractivity contribution in [2.45, 2.75) is 32.4 Å². The summed E-state index contributed by atoms with van der Waals surface area (Å²) in [5.74, 6) is 0.103. The minimum Gasteiger partial charge on any atom is -0.453 e. The number of thiocarbonyl (C=S) groups is 1. The maximum absolute atomic E-state index is 14.9. The fourth-order valence-corrected chi connectivity index (χ4v) is 5.41. The lowest BCUT2D eigenvalue weighted by atomic mass is 10.2. The third-order valence-corrected chi connectivity index (χ3v) is 7.71. The highest BCUT2D eigenvalue weighted by atomic mass is 32.1. The molecular weight excluding hydrogens is 563 g/mol. The van der Waals surface area contributed by atoms with E-state index >= 15 is 0 Å². The molecule has 0 bridgehead atoms. The number of aromatic nitrogens is 2. The van der Waals surface area contributed by atoms with Crippen molar-refractivity contribution in [2.75, 3.05) is 32.1 Å². The van der Waals surface area contributed by atoms with E-state index in [1.165, 1.54) is 17.4 Å². The van der Waals surface area contributed by atoms with Gasteiger partial charge in [0.2, 0.25) is 0 Å². The molecule has 4 aromatic rings. The van der Waals surface area contributed by atoms with E-state index < -0.39 is 5.82 Å². The zero-order valence-electron chi connectivity index (χ0n) is 22.8. The fraction of sp³-hybridized carbons (Fsp3) is 0.310. The summed E-state index contributed by atoms with van der Waals surface area (Å²) >= 11 is 6.75. The summed E-state index contributed by atoms with van der Waals surface area (Å²) in [6.07, 6.45) is 5.60. The smallest absolute Gasteiger partial charge is 0.317 e. The number of methoxy groups -OCH3 is 1. The Labute approximate surface area is 247 Å². The molecule has 3 aromatic heterocycles. The van der Waals surface area contributed by atoms with Crippen LogP contribution >= 0.6 is 23.6 Å². The first-order valence-corrected chi connectivity index (χ1v) is 14.6. The number of carbonyl (C=O) groups is 1. The number of anilines is 1. The first kappa shape index (κ1) is 28.7. The number of halogens is 1. The van der Waals surface area contributed by atoms with Gasteiger partial charge in [0.15, 0.2) is 16.7 Å². The average Bonchev–Trinajstić information content (AvgIpc) is 3.66. The zero-order valence-corrected chi connectivity index (χ0v) is 24.4. The molecule has 0 atom stereocenters. The molecule has 214 valence electrons. The molecule has 1 fully saturated rings. The monoisotopic (exact) mass is 594 g/mol. The molecule has 0 aliphatic heterocycles. The summed E-state index contributed by atoms with van der Waals surface area (Å²) < 4.78 is 26.9. The normalized spacial score (nSPS) is 12.7. The maximum Gasteiger partial charge on any atom is 0.317 e. The van der Waals surface area contributed by atoms with Crippen LogP contribution in [-0.2, 0) is 11.3 Å². The van der Waals surface area contributed by atoms with Crippen molar-refractivity contribution in [2.24, 2.45) is 0 Å². The number of urea groups is 1. The van der Waals surface area contributed by atoms with E-state index in [9.17, 15) is 9.18 Å². The Morgan fingerprint density at radius 2 is 2.02 bits per heavy atom. The van der Waals surface area contributed by atoms with Gasteiger partial charge < -0.3 is 30.3 Å². The van der Waals surface area contributed by atoms with Gasteiger partial charge in [-0.15, -0.1) is 11.3 Å². The van der Waals surface area contributed by atoms with Crippen molar-refractivity contribution >= 4 is 50.6 Å². The molecule has 3 N–H and O–H groups in total. The Kier molecular flexibility index (Phi) is 9.22. The van der Waals surface area contributed by atoms with Crippen molar-refractivity contribution in [1.29, 1.82) is 0 Å². The minimum absolute atomic E-state index is 0.103. The number of rotatable bonds is 11. The van der Waals surface area contributed by atoms with Gasteiger partial charge in [-0.05, 0) is 61.8 Å². The zero-order chi connectivity index (χ0) is 28.8. The second-order valence-corrected chi connectivity index (χ2v) is 11.0. The van der Waals surface area contributed by atoms with Gasteiger partial charge >= 0.3 is 6.03 Å². The lowest BCUT2D eigenvalue weighted by molar-refractivity contribution is 0.146. The van der Waals surface area contributed by atoms with Gasteiger partial charge in [0, 0.05) is 63.0 Å². The molecule has 2 amide bonds. The van der Waals surface area contributed by atoms with Crippen molar-refractivity contribution in [3.8, 4) is 22.1 Å². The maximum atomic E-state index is 14.9. The van der Waals surface area contributed by atoms with Gasteiger partial charge in [0.05, 0.1) is 27.4 Å². The predicted octanol–water partition coefficient (Wildman–Crippen LogP) is 5.92. The van der Waals surface area contributed by atoms with E-state index in [1.807, 2.05) is 25.1 Å². The van der Waals surface area contributed by atoms with E-state index in [2.05, 4.69) is 25.9 Å². The van der Waals surface area contributed by atoms with Crippen molar-refractivity contribution in [1.82, 2.24) is 25.5 Å². The standard InChI is InChI=1S/C29H31FN6O3S2/c1-3-31-29(37)36(12-13-38-2)17-18-4-8-22(33-16-18)26-15-23-27(41-26)25(10-11-32-23)39-24-9-7-20(14-21(24)30)35-28(40)34-19-5-6-19/h4,7-11,14-16,19H,3,5-6,12-13,17H2,1-2H3,(H,31,37)(H2,34,35,40). The fourth-order valence-electron chi connectivity index (χ4n) is 4.08. The molecule has 0 spiro atoms. The minimum atomic E-state index is -0.504. The lowest BCUT2D eigenvalue weighted by Crippen LogP contribution is -2.41. The number of hydrogen-bond acceptors (Lipinski definition) is 7. The summed E-state index contributed by atoms with van der Waals surface area (Å²) in [5.41, 5.74) is 2.94. The molecule has 41 heavy (non-hydrogen) atoms. The molecule has 12 heteroatoms. The molecule has 9 nitrogen and oxygen atoms in total. The third kappa shape index (κ3) is 7.46. The number of nitrogens with one attached hydrogen (secondary N) is 3. The number of nitrogens with zero attached hydrogens (tertiary/aromatic N) is 3. The number of amides is 2. The van der Waals surface area contributed by atoms with Crippen LogP contribution in [0.25, 0.3) is 20.8 Å². The van der Waals surface area contributed by atoms with Gasteiger partial charge in [-0.1, -0.05) is 6.07 Å². The summed E-state index contributed by atoms with van der Waals surface area (Å²) in [5, 5.41) is 9.50. The number of fused-ring (bicyclic) bond motifs is 1. The molecular formula is C29H31FN6O3S2. The molecule has 0 saturated heterocycles. The number of carbonyl (C=O) groups excluding carboxylic acids is 1. The topological polar surface area (TPSA) is 101 Å². The molecule has 1 saturated carbocycles. The van der Waals surface area contributed by atoms with E-state index in [1.54, 1.807) is 42.6 Å². The van der Waals surface area contributed by atoms with Crippen LogP contribution < -0.4 is 20.7 Å². The molecule has 1 aromatic carbocycles. The Morgan fingerprint density at radius 3 is 2.73 bits per heavy atom. The first-order chi connectivity index (χ1) is 19.9. The van der Waals surface area contributed by atoms with Crippen LogP contribution in [0.3, 0.4) is 0 Å². The molecule has 1 aliphatic carbocycles. The first-order valence-electron chi connectivity index (χ1n) is 13.3. The van der Waals surface area contributed by atoms with Gasteiger partial charge in [-0.25, -0.2) is 9.18 Å². The van der Waals surface area contributed by atoms with Crippen molar-refractivity contribution in [3.63, 3.8) is 0 Å². The van der Waals surface area contributed by atoms with Crippen molar-refractivity contribution in [3.05, 3.63) is 66.2 Å². The largest absolute Gasteiger partial charge is 0.453 e. The Hall–Kier alpha value is -3.87. The Bertz CT molecular complexity index is 1530. The molecule has 0 radical (unpaired) electrons. The quantitative estimate of drug-likeness (QED) is 0.184. The highest BCUT2D eigenvalue weighted by Gasteiger charge is 2.22. The van der Waals surface area contributed by atoms with E-state index in [4.69, 9.17) is 21.7 Å². The van der Waals surface area contributed by atoms with Crippen molar-refractivity contribution < 1.29 is 18.7 Å². The van der Waals surface area contributed by atoms with Crippen LogP contribution in [0.2, 0.25) is 0 Å². The van der Waals surface area contributed by atoms with Crippen LogP contribution in [-0.4, -0.2) is 58.9 Å². The second-order valence-electron chi connectivity index (χ2n) is 9.56. The number of pyridine rings is 2. The highest BCUT2D eigenvalue weighted by Crippen LogP contribution is 2.39. The Morgan fingerprint density at radius 1 is 1.17 bits per heavy atom. The SMILES string of the molecule is CCNC(=O)N(CCOC)Cc1ccc(-c2cc3nccc(Oc4ccc(NC(=S)NC5CC5)cc4F)c3s2)nc1.